The molecule has 0 atom stereocenters. The lowest BCUT2D eigenvalue weighted by Crippen LogP contribution is -2.15. The van der Waals surface area contributed by atoms with Crippen LogP contribution in [-0.4, -0.2) is 31.7 Å². The van der Waals surface area contributed by atoms with Gasteiger partial charge in [0.2, 0.25) is 0 Å². The molecule has 8 nitrogen and oxygen atoms in total. The van der Waals surface area contributed by atoms with Gasteiger partial charge in [0.25, 0.3) is 5.91 Å². The van der Waals surface area contributed by atoms with E-state index in [-0.39, 0.29) is 11.4 Å². The number of carboxylic acid groups (broad SMARTS) is 1. The molecule has 0 saturated heterocycles. The summed E-state index contributed by atoms with van der Waals surface area (Å²) in [5.41, 5.74) is 1.11. The van der Waals surface area contributed by atoms with Gasteiger partial charge in [-0.2, -0.15) is 5.10 Å². The second kappa shape index (κ2) is 5.76. The number of aromatic carboxylic acids is 1. The predicted octanol–water partition coefficient (Wildman–Crippen LogP) is 2.12. The van der Waals surface area contributed by atoms with Crippen molar-refractivity contribution in [3.8, 4) is 5.69 Å². The van der Waals surface area contributed by atoms with Crippen LogP contribution < -0.4 is 5.32 Å². The molecule has 0 aliphatic carbocycles. The highest BCUT2D eigenvalue weighted by molar-refractivity contribution is 6.04. The van der Waals surface area contributed by atoms with Gasteiger partial charge in [-0.3, -0.25) is 4.79 Å². The highest BCUT2D eigenvalue weighted by atomic mass is 16.4. The van der Waals surface area contributed by atoms with Crippen LogP contribution in [0, 0.1) is 6.92 Å². The molecule has 0 aliphatic rings. The van der Waals surface area contributed by atoms with Gasteiger partial charge < -0.3 is 14.8 Å². The van der Waals surface area contributed by atoms with Gasteiger partial charge in [0, 0.05) is 6.20 Å². The van der Waals surface area contributed by atoms with E-state index in [0.29, 0.717) is 17.1 Å². The minimum atomic E-state index is -1.12. The standard InChI is InChI=1S/C15H12N4O4/c1-9-13(16-8-23-9)14(20)17-10-4-2-3-5-12(10)19-7-6-11(18-19)15(21)22/h2-8H,1H3,(H,17,20)(H,21,22). The number of aryl methyl sites for hydroxylation is 1. The van der Waals surface area contributed by atoms with Crippen molar-refractivity contribution in [3.63, 3.8) is 0 Å². The normalized spacial score (nSPS) is 10.5. The van der Waals surface area contributed by atoms with E-state index < -0.39 is 11.9 Å². The van der Waals surface area contributed by atoms with Crippen LogP contribution in [0.4, 0.5) is 5.69 Å². The Bertz CT molecular complexity index is 881. The van der Waals surface area contributed by atoms with Gasteiger partial charge in [0.05, 0.1) is 11.4 Å². The smallest absolute Gasteiger partial charge is 0.356 e. The molecule has 23 heavy (non-hydrogen) atoms. The maximum Gasteiger partial charge on any atom is 0.356 e. The second-order valence-electron chi connectivity index (χ2n) is 4.68. The molecule has 116 valence electrons. The number of oxazole rings is 1. The summed E-state index contributed by atoms with van der Waals surface area (Å²) < 4.78 is 6.40. The van der Waals surface area contributed by atoms with Crippen molar-refractivity contribution in [1.82, 2.24) is 14.8 Å². The predicted molar refractivity (Wildman–Crippen MR) is 79.7 cm³/mol. The van der Waals surface area contributed by atoms with Crippen LogP contribution in [0.3, 0.4) is 0 Å². The molecule has 0 bridgehead atoms. The van der Waals surface area contributed by atoms with Crippen molar-refractivity contribution >= 4 is 17.6 Å². The first kappa shape index (κ1) is 14.5. The third-order valence-electron chi connectivity index (χ3n) is 3.17. The summed E-state index contributed by atoms with van der Waals surface area (Å²) in [5.74, 6) is -1.13. The second-order valence-corrected chi connectivity index (χ2v) is 4.68. The fourth-order valence-corrected chi connectivity index (χ4v) is 2.06. The van der Waals surface area contributed by atoms with Crippen LogP contribution in [0.5, 0.6) is 0 Å². The maximum atomic E-state index is 12.2. The van der Waals surface area contributed by atoms with E-state index in [1.807, 2.05) is 0 Å². The quantitative estimate of drug-likeness (QED) is 0.763. The Hall–Kier alpha value is -3.42. The molecule has 0 radical (unpaired) electrons. The van der Waals surface area contributed by atoms with Crippen molar-refractivity contribution < 1.29 is 19.1 Å². The minimum absolute atomic E-state index is 0.0847. The Morgan fingerprint density at radius 3 is 2.70 bits per heavy atom. The summed E-state index contributed by atoms with van der Waals surface area (Å²) in [4.78, 5) is 27.0. The zero-order valence-electron chi connectivity index (χ0n) is 12.1. The third kappa shape index (κ3) is 2.82. The first-order chi connectivity index (χ1) is 11.1. The average Bonchev–Trinajstić information content (AvgIpc) is 3.16. The summed E-state index contributed by atoms with van der Waals surface area (Å²) >= 11 is 0. The molecule has 0 saturated carbocycles. The lowest BCUT2D eigenvalue weighted by molar-refractivity contribution is 0.0689. The Balaban J connectivity index is 1.93. The van der Waals surface area contributed by atoms with Crippen LogP contribution >= 0.6 is 0 Å². The topological polar surface area (TPSA) is 110 Å². The molecule has 8 heteroatoms. The van der Waals surface area contributed by atoms with Crippen LogP contribution in [0.1, 0.15) is 26.7 Å². The molecule has 1 amide bonds. The third-order valence-corrected chi connectivity index (χ3v) is 3.17. The van der Waals surface area contributed by atoms with Gasteiger partial charge in [-0.25, -0.2) is 14.5 Å². The fraction of sp³-hybridized carbons (Fsp3) is 0.0667. The molecule has 1 aromatic carbocycles. The lowest BCUT2D eigenvalue weighted by atomic mass is 10.2. The van der Waals surface area contributed by atoms with E-state index in [4.69, 9.17) is 9.52 Å². The van der Waals surface area contributed by atoms with Gasteiger partial charge in [0.1, 0.15) is 5.76 Å². The van der Waals surface area contributed by atoms with E-state index in [2.05, 4.69) is 15.4 Å². The van der Waals surface area contributed by atoms with Crippen molar-refractivity contribution in [1.29, 1.82) is 0 Å². The molecule has 3 rings (SSSR count). The number of nitrogens with one attached hydrogen (secondary N) is 1. The number of nitrogens with zero attached hydrogens (tertiary/aromatic N) is 3. The largest absolute Gasteiger partial charge is 0.476 e. The molecule has 2 heterocycles. The summed E-state index contributed by atoms with van der Waals surface area (Å²) in [7, 11) is 0. The highest BCUT2D eigenvalue weighted by Gasteiger charge is 2.16. The van der Waals surface area contributed by atoms with Crippen LogP contribution in [0.25, 0.3) is 5.69 Å². The Morgan fingerprint density at radius 2 is 2.04 bits per heavy atom. The molecular weight excluding hydrogens is 300 g/mol. The number of benzene rings is 1. The van der Waals surface area contributed by atoms with Gasteiger partial charge in [-0.15, -0.1) is 0 Å². The van der Waals surface area contributed by atoms with E-state index in [1.165, 1.54) is 23.3 Å². The number of carbonyl (C=O) groups excluding carboxylic acids is 1. The van der Waals surface area contributed by atoms with Gasteiger partial charge in [-0.1, -0.05) is 12.1 Å². The molecular formula is C15H12N4O4. The van der Waals surface area contributed by atoms with E-state index in [0.717, 1.165) is 0 Å². The zero-order valence-corrected chi connectivity index (χ0v) is 12.1. The molecule has 2 aromatic heterocycles. The molecule has 3 aromatic rings. The summed E-state index contributed by atoms with van der Waals surface area (Å²) in [6.45, 7) is 1.64. The highest BCUT2D eigenvalue weighted by Crippen LogP contribution is 2.20. The van der Waals surface area contributed by atoms with Crippen LogP contribution in [0.2, 0.25) is 0 Å². The number of anilines is 1. The van der Waals surface area contributed by atoms with Crippen LogP contribution in [0.15, 0.2) is 47.3 Å². The van der Waals surface area contributed by atoms with Crippen molar-refractivity contribution in [2.45, 2.75) is 6.92 Å². The molecule has 0 spiro atoms. The first-order valence-corrected chi connectivity index (χ1v) is 6.66. The zero-order chi connectivity index (χ0) is 16.4. The van der Waals surface area contributed by atoms with E-state index in [9.17, 15) is 9.59 Å². The number of hydrogen-bond acceptors (Lipinski definition) is 5. The van der Waals surface area contributed by atoms with Crippen molar-refractivity contribution in [3.05, 3.63) is 60.1 Å². The number of rotatable bonds is 4. The molecule has 0 fully saturated rings. The average molecular weight is 312 g/mol. The number of para-hydroxylation sites is 2. The van der Waals surface area contributed by atoms with E-state index >= 15 is 0 Å². The number of amides is 1. The fourth-order valence-electron chi connectivity index (χ4n) is 2.06. The molecule has 2 N–H and O–H groups in total. The monoisotopic (exact) mass is 312 g/mol. The number of hydrogen-bond donors (Lipinski definition) is 2. The summed E-state index contributed by atoms with van der Waals surface area (Å²) in [6, 6.07) is 8.28. The number of carbonyl (C=O) groups is 2. The van der Waals surface area contributed by atoms with Crippen molar-refractivity contribution in [2.75, 3.05) is 5.32 Å². The van der Waals surface area contributed by atoms with Gasteiger partial charge >= 0.3 is 5.97 Å². The summed E-state index contributed by atoms with van der Waals surface area (Å²) in [6.07, 6.45) is 2.71. The number of aromatic nitrogens is 3. The SMILES string of the molecule is Cc1ocnc1C(=O)Nc1ccccc1-n1ccc(C(=O)O)n1. The Labute approximate surface area is 130 Å². The molecule has 0 unspecified atom stereocenters. The maximum absolute atomic E-state index is 12.2. The first-order valence-electron chi connectivity index (χ1n) is 6.66. The Kier molecular flexibility index (Phi) is 3.63. The summed E-state index contributed by atoms with van der Waals surface area (Å²) in [5, 5.41) is 15.6. The minimum Gasteiger partial charge on any atom is -0.476 e. The Morgan fingerprint density at radius 1 is 1.26 bits per heavy atom. The van der Waals surface area contributed by atoms with E-state index in [1.54, 1.807) is 31.2 Å². The van der Waals surface area contributed by atoms with Gasteiger partial charge in [0.15, 0.2) is 17.8 Å². The lowest BCUT2D eigenvalue weighted by Gasteiger charge is -2.10. The number of carboxylic acids is 1. The van der Waals surface area contributed by atoms with Gasteiger partial charge in [-0.05, 0) is 25.1 Å². The van der Waals surface area contributed by atoms with Crippen LogP contribution in [-0.2, 0) is 0 Å². The molecule has 0 aliphatic heterocycles. The van der Waals surface area contributed by atoms with Crippen molar-refractivity contribution in [2.24, 2.45) is 0 Å².